The van der Waals surface area contributed by atoms with Crippen molar-refractivity contribution >= 4 is 27.5 Å². The summed E-state index contributed by atoms with van der Waals surface area (Å²) in [5.74, 6) is 0.566. The summed E-state index contributed by atoms with van der Waals surface area (Å²) in [5, 5.41) is 2.12. The lowest BCUT2D eigenvalue weighted by atomic mass is 10.1. The maximum Gasteiger partial charge on any atom is 0.318 e. The van der Waals surface area contributed by atoms with E-state index in [1.165, 1.54) is 0 Å². The van der Waals surface area contributed by atoms with E-state index in [9.17, 15) is 9.00 Å². The van der Waals surface area contributed by atoms with Crippen molar-refractivity contribution in [2.75, 3.05) is 24.7 Å². The van der Waals surface area contributed by atoms with E-state index in [1.807, 2.05) is 42.5 Å². The Hall–Kier alpha value is -1.88. The molecule has 0 bridgehead atoms. The van der Waals surface area contributed by atoms with Gasteiger partial charge in [0.2, 0.25) is 0 Å². The Balaban J connectivity index is 1.88. The summed E-state index contributed by atoms with van der Waals surface area (Å²) in [6, 6.07) is 13.8. The van der Waals surface area contributed by atoms with Gasteiger partial charge in [-0.3, -0.25) is 9.00 Å². The van der Waals surface area contributed by atoms with Gasteiger partial charge in [-0.15, -0.1) is 0 Å². The van der Waals surface area contributed by atoms with Crippen molar-refractivity contribution in [3.05, 3.63) is 42.5 Å². The number of hydrogen-bond donors (Lipinski definition) is 0. The Kier molecular flexibility index (Phi) is 5.75. The van der Waals surface area contributed by atoms with Gasteiger partial charge in [-0.05, 0) is 18.4 Å². The number of carbonyl (C=O) groups is 1. The summed E-state index contributed by atoms with van der Waals surface area (Å²) >= 11 is 0. The molecule has 5 heteroatoms. The molecule has 0 spiro atoms. The zero-order valence-electron chi connectivity index (χ0n) is 11.9. The van der Waals surface area contributed by atoms with Crippen molar-refractivity contribution in [2.45, 2.75) is 6.92 Å². The van der Waals surface area contributed by atoms with E-state index < -0.39 is 16.8 Å². The molecule has 0 aromatic heterocycles. The first kappa shape index (κ1) is 15.5. The number of ether oxygens (including phenoxy) is 2. The van der Waals surface area contributed by atoms with Gasteiger partial charge >= 0.3 is 5.97 Å². The largest absolute Gasteiger partial charge is 0.492 e. The molecule has 4 nitrogen and oxygen atoms in total. The summed E-state index contributed by atoms with van der Waals surface area (Å²) in [5.41, 5.74) is 0. The molecule has 0 amide bonds. The van der Waals surface area contributed by atoms with E-state index in [-0.39, 0.29) is 5.75 Å². The molecular formula is C16H18O4S. The fourth-order valence-corrected chi connectivity index (χ4v) is 2.73. The van der Waals surface area contributed by atoms with Crippen LogP contribution in [0, 0.1) is 0 Å². The highest BCUT2D eigenvalue weighted by Gasteiger charge is 2.09. The second kappa shape index (κ2) is 7.78. The third-order valence-corrected chi connectivity index (χ3v) is 4.08. The van der Waals surface area contributed by atoms with E-state index in [1.54, 1.807) is 6.92 Å². The summed E-state index contributed by atoms with van der Waals surface area (Å²) in [6.45, 7) is 2.34. The lowest BCUT2D eigenvalue weighted by Crippen LogP contribution is -2.18. The monoisotopic (exact) mass is 306 g/mol. The van der Waals surface area contributed by atoms with Crippen molar-refractivity contribution in [1.82, 2.24) is 0 Å². The first-order valence-electron chi connectivity index (χ1n) is 6.82. The summed E-state index contributed by atoms with van der Waals surface area (Å²) in [7, 11) is -1.26. The summed E-state index contributed by atoms with van der Waals surface area (Å²) in [4.78, 5) is 11.2. The van der Waals surface area contributed by atoms with Crippen LogP contribution in [-0.2, 0) is 20.3 Å². The van der Waals surface area contributed by atoms with Gasteiger partial charge in [0.1, 0.15) is 11.5 Å². The minimum Gasteiger partial charge on any atom is -0.492 e. The van der Waals surface area contributed by atoms with Gasteiger partial charge < -0.3 is 9.47 Å². The first-order valence-corrected chi connectivity index (χ1v) is 8.30. The minimum absolute atomic E-state index is 0.0766. The molecule has 0 radical (unpaired) electrons. The van der Waals surface area contributed by atoms with Crippen LogP contribution in [0.25, 0.3) is 10.8 Å². The molecule has 0 aliphatic rings. The predicted octanol–water partition coefficient (Wildman–Crippen LogP) is 2.53. The fourth-order valence-electron chi connectivity index (χ4n) is 1.97. The maximum absolute atomic E-state index is 11.7. The third-order valence-electron chi connectivity index (χ3n) is 2.90. The standard InChI is InChI=1S/C16H18O4S/c1-2-19-16(17)12-21(18)11-10-20-15-9-5-7-13-6-3-4-8-14(13)15/h3-9H,2,10-12H2,1H3. The van der Waals surface area contributed by atoms with Crippen LogP contribution in [0.4, 0.5) is 0 Å². The average Bonchev–Trinajstić information content (AvgIpc) is 2.47. The molecule has 0 saturated heterocycles. The Labute approximate surface area is 126 Å². The van der Waals surface area contributed by atoms with Gasteiger partial charge in [0, 0.05) is 16.2 Å². The van der Waals surface area contributed by atoms with Crippen LogP contribution >= 0.6 is 0 Å². The summed E-state index contributed by atoms with van der Waals surface area (Å²) < 4.78 is 22.2. The quantitative estimate of drug-likeness (QED) is 0.738. The molecule has 0 fully saturated rings. The van der Waals surface area contributed by atoms with E-state index in [4.69, 9.17) is 9.47 Å². The van der Waals surface area contributed by atoms with Gasteiger partial charge in [-0.1, -0.05) is 36.4 Å². The molecule has 21 heavy (non-hydrogen) atoms. The average molecular weight is 306 g/mol. The summed E-state index contributed by atoms with van der Waals surface area (Å²) in [6.07, 6.45) is 0. The maximum atomic E-state index is 11.7. The highest BCUT2D eigenvalue weighted by molar-refractivity contribution is 7.85. The molecule has 0 saturated carbocycles. The zero-order chi connectivity index (χ0) is 15.1. The van der Waals surface area contributed by atoms with E-state index in [0.29, 0.717) is 19.0 Å². The number of hydrogen-bond acceptors (Lipinski definition) is 4. The number of rotatable bonds is 7. The molecule has 1 unspecified atom stereocenters. The highest BCUT2D eigenvalue weighted by Crippen LogP contribution is 2.24. The zero-order valence-corrected chi connectivity index (χ0v) is 12.7. The first-order chi connectivity index (χ1) is 10.2. The highest BCUT2D eigenvalue weighted by atomic mass is 32.2. The Morgan fingerprint density at radius 3 is 2.71 bits per heavy atom. The lowest BCUT2D eigenvalue weighted by molar-refractivity contribution is -0.139. The fraction of sp³-hybridized carbons (Fsp3) is 0.312. The molecule has 2 rings (SSSR count). The van der Waals surface area contributed by atoms with Crippen molar-refractivity contribution in [1.29, 1.82) is 0 Å². The van der Waals surface area contributed by atoms with Gasteiger partial charge in [-0.25, -0.2) is 0 Å². The van der Waals surface area contributed by atoms with Crippen LogP contribution < -0.4 is 4.74 Å². The molecule has 1 atom stereocenters. The van der Waals surface area contributed by atoms with Crippen LogP contribution in [-0.4, -0.2) is 34.9 Å². The van der Waals surface area contributed by atoms with Crippen LogP contribution in [0.2, 0.25) is 0 Å². The van der Waals surface area contributed by atoms with Gasteiger partial charge in [0.25, 0.3) is 0 Å². The van der Waals surface area contributed by atoms with E-state index in [2.05, 4.69) is 0 Å². The molecule has 2 aromatic carbocycles. The van der Waals surface area contributed by atoms with Crippen molar-refractivity contribution in [3.8, 4) is 5.75 Å². The predicted molar refractivity (Wildman–Crippen MR) is 84.0 cm³/mol. The Morgan fingerprint density at radius 2 is 1.90 bits per heavy atom. The third kappa shape index (κ3) is 4.56. The molecule has 0 N–H and O–H groups in total. The molecule has 0 aliphatic heterocycles. The number of esters is 1. The minimum atomic E-state index is -1.26. The SMILES string of the molecule is CCOC(=O)CS(=O)CCOc1cccc2ccccc12. The Morgan fingerprint density at radius 1 is 1.14 bits per heavy atom. The number of fused-ring (bicyclic) bond motifs is 1. The lowest BCUT2D eigenvalue weighted by Gasteiger charge is -2.09. The number of benzene rings is 2. The van der Waals surface area contributed by atoms with E-state index in [0.717, 1.165) is 16.5 Å². The van der Waals surface area contributed by atoms with Gasteiger partial charge in [0.15, 0.2) is 0 Å². The van der Waals surface area contributed by atoms with Crippen molar-refractivity contribution in [3.63, 3.8) is 0 Å². The molecule has 112 valence electrons. The second-order valence-corrected chi connectivity index (χ2v) is 6.00. The number of carbonyl (C=O) groups excluding carboxylic acids is 1. The smallest absolute Gasteiger partial charge is 0.318 e. The van der Waals surface area contributed by atoms with Gasteiger partial charge in [0.05, 0.1) is 19.0 Å². The normalized spacial score (nSPS) is 12.0. The molecule has 0 aliphatic carbocycles. The molecular weight excluding hydrogens is 288 g/mol. The topological polar surface area (TPSA) is 52.6 Å². The van der Waals surface area contributed by atoms with Crippen LogP contribution in [0.15, 0.2) is 42.5 Å². The van der Waals surface area contributed by atoms with Gasteiger partial charge in [-0.2, -0.15) is 0 Å². The molecule has 0 heterocycles. The van der Waals surface area contributed by atoms with Crippen molar-refractivity contribution < 1.29 is 18.5 Å². The van der Waals surface area contributed by atoms with Crippen LogP contribution in [0.1, 0.15) is 6.92 Å². The Bertz CT molecular complexity index is 634. The van der Waals surface area contributed by atoms with Crippen LogP contribution in [0.5, 0.6) is 5.75 Å². The second-order valence-electron chi connectivity index (χ2n) is 4.42. The van der Waals surface area contributed by atoms with Crippen molar-refractivity contribution in [2.24, 2.45) is 0 Å². The van der Waals surface area contributed by atoms with E-state index >= 15 is 0 Å². The van der Waals surface area contributed by atoms with Crippen LogP contribution in [0.3, 0.4) is 0 Å². The molecule has 2 aromatic rings.